The Balaban J connectivity index is 4.04. The smallest absolute Gasteiger partial charge is 0.170 e. The van der Waals surface area contributed by atoms with Gasteiger partial charge in [-0.2, -0.15) is 0 Å². The van der Waals surface area contributed by atoms with Crippen LogP contribution in [-0.4, -0.2) is 21.1 Å². The molecule has 0 saturated carbocycles. The van der Waals surface area contributed by atoms with Gasteiger partial charge in [0.1, 0.15) is 0 Å². The molecule has 0 amide bonds. The molecule has 0 aromatic rings. The highest BCUT2D eigenvalue weighted by Crippen LogP contribution is 2.39. The van der Waals surface area contributed by atoms with Crippen LogP contribution >= 0.6 is 11.8 Å². The monoisotopic (exact) mass is 306 g/mol. The third-order valence-electron chi connectivity index (χ3n) is 3.97. The van der Waals surface area contributed by atoms with Crippen LogP contribution in [0.4, 0.5) is 0 Å². The van der Waals surface area contributed by atoms with Crippen molar-refractivity contribution in [3.63, 3.8) is 0 Å². The van der Waals surface area contributed by atoms with Gasteiger partial charge in [0.15, 0.2) is 4.08 Å². The van der Waals surface area contributed by atoms with E-state index >= 15 is 0 Å². The predicted octanol–water partition coefficient (Wildman–Crippen LogP) is 5.76. The van der Waals surface area contributed by atoms with Crippen LogP contribution in [-0.2, 0) is 11.2 Å². The van der Waals surface area contributed by atoms with Gasteiger partial charge in [-0.05, 0) is 30.3 Å². The second-order valence-electron chi connectivity index (χ2n) is 5.54. The van der Waals surface area contributed by atoms with Crippen LogP contribution in [0.15, 0.2) is 0 Å². The van der Waals surface area contributed by atoms with Crippen molar-refractivity contribution in [3.05, 3.63) is 0 Å². The van der Waals surface area contributed by atoms with Crippen molar-refractivity contribution in [2.24, 2.45) is 0 Å². The van der Waals surface area contributed by atoms with Crippen molar-refractivity contribution in [1.82, 2.24) is 0 Å². The summed E-state index contributed by atoms with van der Waals surface area (Å²) in [6, 6.07) is 0. The van der Waals surface area contributed by atoms with E-state index in [2.05, 4.69) is 20.1 Å². The van der Waals surface area contributed by atoms with Gasteiger partial charge >= 0.3 is 0 Å². The summed E-state index contributed by atoms with van der Waals surface area (Å²) < 4.78 is 12.2. The number of hydrogen-bond donors (Lipinski definition) is 0. The molecule has 0 fully saturated rings. The normalized spacial score (nSPS) is 16.3. The molecular formula is C16H34OS2. The van der Waals surface area contributed by atoms with Crippen LogP contribution < -0.4 is 0 Å². The fourth-order valence-corrected chi connectivity index (χ4v) is 5.05. The predicted molar refractivity (Wildman–Crippen MR) is 92.4 cm³/mol. The first-order valence-corrected chi connectivity index (χ1v) is 10.8. The highest BCUT2D eigenvalue weighted by atomic mass is 32.3. The van der Waals surface area contributed by atoms with Gasteiger partial charge < -0.3 is 4.55 Å². The maximum absolute atomic E-state index is 12.1. The van der Waals surface area contributed by atoms with E-state index in [4.69, 9.17) is 0 Å². The Hall–Kier alpha value is 0.660. The van der Waals surface area contributed by atoms with Gasteiger partial charge in [-0.15, -0.1) is 11.8 Å². The summed E-state index contributed by atoms with van der Waals surface area (Å²) >= 11 is 1.13. The van der Waals surface area contributed by atoms with Crippen LogP contribution in [0.3, 0.4) is 0 Å². The standard InChI is InChI=1S/C16H34OS2/c1-5-7-9-10-11-13-15-16(18-3,19(4)17)14-12-8-6-2/h5-15H2,1-4H3. The second-order valence-corrected chi connectivity index (χ2v) is 8.68. The minimum absolute atomic E-state index is 0.0277. The second kappa shape index (κ2) is 12.4. The number of thioether (sulfide) groups is 1. The molecule has 116 valence electrons. The number of hydrogen-bond acceptors (Lipinski definition) is 2. The Morgan fingerprint density at radius 2 is 1.26 bits per heavy atom. The lowest BCUT2D eigenvalue weighted by Gasteiger charge is -2.32. The highest BCUT2D eigenvalue weighted by molar-refractivity contribution is 8.14. The first-order chi connectivity index (χ1) is 9.13. The maximum Gasteiger partial charge on any atom is 0.170 e. The quantitative estimate of drug-likeness (QED) is 0.319. The summed E-state index contributed by atoms with van der Waals surface area (Å²) in [6.07, 6.45) is 18.0. The van der Waals surface area contributed by atoms with E-state index in [0.717, 1.165) is 12.8 Å². The van der Waals surface area contributed by atoms with E-state index in [1.165, 1.54) is 57.8 Å². The molecule has 0 aliphatic carbocycles. The zero-order valence-electron chi connectivity index (χ0n) is 13.5. The van der Waals surface area contributed by atoms with Gasteiger partial charge in [0.2, 0.25) is 0 Å². The van der Waals surface area contributed by atoms with Gasteiger partial charge in [0.25, 0.3) is 0 Å². The van der Waals surface area contributed by atoms with Gasteiger partial charge in [-0.25, -0.2) is 0 Å². The summed E-state index contributed by atoms with van der Waals surface area (Å²) in [6.45, 7) is 4.49. The molecule has 0 aliphatic heterocycles. The Labute approximate surface area is 128 Å². The van der Waals surface area contributed by atoms with E-state index in [-0.39, 0.29) is 4.08 Å². The molecule has 0 spiro atoms. The first-order valence-electron chi connectivity index (χ1n) is 8.01. The SMILES string of the molecule is CCCCCCCCC(CCCCC)(SC)[S+](C)[O-]. The first kappa shape index (κ1) is 19.7. The van der Waals surface area contributed by atoms with Crippen LogP contribution in [0.25, 0.3) is 0 Å². The molecule has 0 aliphatic rings. The minimum atomic E-state index is -0.711. The molecule has 2 atom stereocenters. The van der Waals surface area contributed by atoms with Gasteiger partial charge in [-0.1, -0.05) is 58.8 Å². The minimum Gasteiger partial charge on any atom is -0.615 e. The average Bonchev–Trinajstić information content (AvgIpc) is 2.40. The Kier molecular flexibility index (Phi) is 12.8. The van der Waals surface area contributed by atoms with E-state index in [0.29, 0.717) is 0 Å². The molecule has 19 heavy (non-hydrogen) atoms. The molecule has 0 heterocycles. The topological polar surface area (TPSA) is 23.1 Å². The van der Waals surface area contributed by atoms with E-state index in [1.54, 1.807) is 0 Å². The van der Waals surface area contributed by atoms with Crippen LogP contribution in [0.5, 0.6) is 0 Å². The molecule has 0 saturated heterocycles. The van der Waals surface area contributed by atoms with Crippen LogP contribution in [0.1, 0.15) is 84.5 Å². The van der Waals surface area contributed by atoms with E-state index in [1.807, 2.05) is 18.0 Å². The largest absolute Gasteiger partial charge is 0.615 e. The van der Waals surface area contributed by atoms with E-state index in [9.17, 15) is 4.55 Å². The lowest BCUT2D eigenvalue weighted by Crippen LogP contribution is -2.34. The van der Waals surface area contributed by atoms with Crippen molar-refractivity contribution in [2.45, 2.75) is 88.6 Å². The third kappa shape index (κ3) is 8.52. The summed E-state index contributed by atoms with van der Waals surface area (Å²) in [5, 5.41) is 0. The number of rotatable bonds is 13. The lowest BCUT2D eigenvalue weighted by atomic mass is 10.0. The summed E-state index contributed by atoms with van der Waals surface area (Å²) in [7, 11) is 0. The summed E-state index contributed by atoms with van der Waals surface area (Å²) in [5.41, 5.74) is 0. The Morgan fingerprint density at radius 3 is 1.74 bits per heavy atom. The van der Waals surface area contributed by atoms with Gasteiger partial charge in [0.05, 0.1) is 6.26 Å². The molecule has 0 aromatic heterocycles. The fourth-order valence-electron chi connectivity index (χ4n) is 2.55. The van der Waals surface area contributed by atoms with Crippen LogP contribution in [0, 0.1) is 0 Å². The molecule has 3 heteroatoms. The Bertz CT molecular complexity index is 197. The van der Waals surface area contributed by atoms with E-state index < -0.39 is 11.2 Å². The number of unbranched alkanes of at least 4 members (excludes halogenated alkanes) is 7. The molecular weight excluding hydrogens is 272 g/mol. The van der Waals surface area contributed by atoms with Crippen LogP contribution in [0.2, 0.25) is 0 Å². The van der Waals surface area contributed by atoms with Gasteiger partial charge in [0, 0.05) is 12.8 Å². The van der Waals surface area contributed by atoms with Gasteiger partial charge in [-0.3, -0.25) is 0 Å². The van der Waals surface area contributed by atoms with Crippen molar-refractivity contribution in [2.75, 3.05) is 12.5 Å². The highest BCUT2D eigenvalue weighted by Gasteiger charge is 2.37. The van der Waals surface area contributed by atoms with Crippen molar-refractivity contribution < 1.29 is 4.55 Å². The molecule has 2 unspecified atom stereocenters. The zero-order valence-corrected chi connectivity index (χ0v) is 15.1. The molecule has 0 radical (unpaired) electrons. The molecule has 0 N–H and O–H groups in total. The third-order valence-corrected chi connectivity index (χ3v) is 7.78. The molecule has 1 nitrogen and oxygen atoms in total. The Morgan fingerprint density at radius 1 is 0.842 bits per heavy atom. The molecule has 0 bridgehead atoms. The average molecular weight is 307 g/mol. The zero-order chi connectivity index (χ0) is 14.6. The van der Waals surface area contributed by atoms with Crippen molar-refractivity contribution in [1.29, 1.82) is 0 Å². The van der Waals surface area contributed by atoms with Crippen molar-refractivity contribution >= 4 is 22.9 Å². The molecule has 0 aromatic carbocycles. The maximum atomic E-state index is 12.1. The fraction of sp³-hybridized carbons (Fsp3) is 1.00. The summed E-state index contributed by atoms with van der Waals surface area (Å²) in [5.74, 6) is 0. The summed E-state index contributed by atoms with van der Waals surface area (Å²) in [4.78, 5) is 0. The van der Waals surface area contributed by atoms with Crippen molar-refractivity contribution in [3.8, 4) is 0 Å². The lowest BCUT2D eigenvalue weighted by molar-refractivity contribution is 0.503. The molecule has 0 rings (SSSR count).